The third kappa shape index (κ3) is 7.35. The minimum atomic E-state index is -0.292. The molecule has 1 aliphatic heterocycles. The monoisotopic (exact) mass is 383 g/mol. The van der Waals surface area contributed by atoms with Crippen LogP contribution in [0.15, 0.2) is 21.5 Å². The lowest BCUT2D eigenvalue weighted by Crippen LogP contribution is -2.49. The van der Waals surface area contributed by atoms with Gasteiger partial charge in [0, 0.05) is 36.9 Å². The van der Waals surface area contributed by atoms with Crippen molar-refractivity contribution in [2.45, 2.75) is 12.3 Å². The van der Waals surface area contributed by atoms with Crippen LogP contribution in [0.4, 0.5) is 0 Å². The number of hydrogen-bond donors (Lipinski definition) is 0. The van der Waals surface area contributed by atoms with E-state index in [2.05, 4.69) is 21.8 Å². The summed E-state index contributed by atoms with van der Waals surface area (Å²) in [5.74, 6) is 4.14. The molecule has 0 aromatic carbocycles. The van der Waals surface area contributed by atoms with E-state index in [4.69, 9.17) is 4.42 Å². The molecule has 8 nitrogen and oxygen atoms in total. The molecular weight excluding hydrogens is 354 g/mol. The van der Waals surface area contributed by atoms with E-state index in [9.17, 15) is 10.1 Å². The number of aliphatic imine (C=N–C) groups is 1. The van der Waals surface area contributed by atoms with Gasteiger partial charge in [-0.05, 0) is 33.3 Å². The molecule has 0 bridgehead atoms. The third-order valence-corrected chi connectivity index (χ3v) is 5.06. The molecule has 1 aliphatic rings. The van der Waals surface area contributed by atoms with Crippen molar-refractivity contribution in [3.8, 4) is 0 Å². The van der Waals surface area contributed by atoms with Crippen molar-refractivity contribution in [1.29, 1.82) is 0 Å². The summed E-state index contributed by atoms with van der Waals surface area (Å²) >= 11 is 1.74. The Morgan fingerprint density at radius 3 is 2.65 bits per heavy atom. The van der Waals surface area contributed by atoms with Gasteiger partial charge in [-0.15, -0.1) is 0 Å². The standard InChI is InChI=1S/C17H29N5O3S/c1-19(2)12-15-4-5-16(25-15)14-26-11-6-18-17(13-22(23)24)21-9-7-20(3)8-10-21/h4-5H,6-14H2,1-3H3. The van der Waals surface area contributed by atoms with Gasteiger partial charge in [-0.2, -0.15) is 11.8 Å². The lowest BCUT2D eigenvalue weighted by atomic mass is 10.3. The molecule has 1 fully saturated rings. The summed E-state index contributed by atoms with van der Waals surface area (Å²) in [5.41, 5.74) is 0. The van der Waals surface area contributed by atoms with Gasteiger partial charge in [0.05, 0.1) is 18.8 Å². The number of piperazine rings is 1. The Bertz CT molecular complexity index is 597. The maximum Gasteiger partial charge on any atom is 0.260 e. The second-order valence-corrected chi connectivity index (χ2v) is 7.84. The van der Waals surface area contributed by atoms with Gasteiger partial charge >= 0.3 is 0 Å². The minimum absolute atomic E-state index is 0.194. The lowest BCUT2D eigenvalue weighted by molar-refractivity contribution is -0.464. The Hall–Kier alpha value is -1.58. The summed E-state index contributed by atoms with van der Waals surface area (Å²) in [6.45, 7) is 4.63. The number of furan rings is 1. The van der Waals surface area contributed by atoms with Gasteiger partial charge in [-0.3, -0.25) is 15.1 Å². The molecule has 1 aromatic heterocycles. The number of nitrogens with zero attached hydrogens (tertiary/aromatic N) is 5. The van der Waals surface area contributed by atoms with Gasteiger partial charge in [0.25, 0.3) is 6.54 Å². The second-order valence-electron chi connectivity index (χ2n) is 6.74. The van der Waals surface area contributed by atoms with Gasteiger partial charge in [-0.25, -0.2) is 0 Å². The third-order valence-electron chi connectivity index (χ3n) is 4.10. The first-order valence-corrected chi connectivity index (χ1v) is 9.98. The lowest BCUT2D eigenvalue weighted by Gasteiger charge is -2.33. The van der Waals surface area contributed by atoms with E-state index < -0.39 is 0 Å². The maximum absolute atomic E-state index is 10.9. The van der Waals surface area contributed by atoms with Gasteiger partial charge in [-0.1, -0.05) is 0 Å². The van der Waals surface area contributed by atoms with E-state index >= 15 is 0 Å². The predicted octanol–water partition coefficient (Wildman–Crippen LogP) is 1.50. The van der Waals surface area contributed by atoms with Crippen molar-refractivity contribution in [2.75, 3.05) is 66.2 Å². The Morgan fingerprint density at radius 2 is 2.00 bits per heavy atom. The van der Waals surface area contributed by atoms with Gasteiger partial charge < -0.3 is 19.1 Å². The number of thioether (sulfide) groups is 1. The van der Waals surface area contributed by atoms with Crippen LogP contribution in [0.2, 0.25) is 0 Å². The molecule has 0 N–H and O–H groups in total. The Labute approximate surface area is 159 Å². The largest absolute Gasteiger partial charge is 0.464 e. The molecule has 0 atom stereocenters. The van der Waals surface area contributed by atoms with E-state index in [0.717, 1.165) is 55.7 Å². The smallest absolute Gasteiger partial charge is 0.260 e. The molecule has 0 spiro atoms. The first kappa shape index (κ1) is 20.7. The molecule has 0 saturated carbocycles. The average Bonchev–Trinajstić information content (AvgIpc) is 3.00. The van der Waals surface area contributed by atoms with Crippen molar-refractivity contribution in [2.24, 2.45) is 4.99 Å². The van der Waals surface area contributed by atoms with E-state index in [1.54, 1.807) is 11.8 Å². The van der Waals surface area contributed by atoms with E-state index in [1.165, 1.54) is 0 Å². The van der Waals surface area contributed by atoms with Crippen LogP contribution in [0.1, 0.15) is 11.5 Å². The highest BCUT2D eigenvalue weighted by Gasteiger charge is 2.20. The fourth-order valence-electron chi connectivity index (χ4n) is 2.74. The number of amidine groups is 1. The van der Waals surface area contributed by atoms with Crippen LogP contribution in [-0.4, -0.2) is 91.6 Å². The van der Waals surface area contributed by atoms with Gasteiger partial charge in [0.2, 0.25) is 0 Å². The van der Waals surface area contributed by atoms with Crippen LogP contribution in [-0.2, 0) is 12.3 Å². The van der Waals surface area contributed by atoms with Gasteiger partial charge in [0.15, 0.2) is 5.84 Å². The fourth-order valence-corrected chi connectivity index (χ4v) is 3.46. The molecule has 0 radical (unpaired) electrons. The highest BCUT2D eigenvalue weighted by Crippen LogP contribution is 2.16. The molecular formula is C17H29N5O3S. The van der Waals surface area contributed by atoms with Crippen LogP contribution in [0, 0.1) is 10.1 Å². The van der Waals surface area contributed by atoms with Crippen LogP contribution in [0.25, 0.3) is 0 Å². The predicted molar refractivity (Wildman–Crippen MR) is 105 cm³/mol. The minimum Gasteiger partial charge on any atom is -0.464 e. The molecule has 26 heavy (non-hydrogen) atoms. The number of hydrogen-bond acceptors (Lipinski definition) is 7. The van der Waals surface area contributed by atoms with E-state index in [-0.39, 0.29) is 11.5 Å². The highest BCUT2D eigenvalue weighted by atomic mass is 32.2. The van der Waals surface area contributed by atoms with Crippen molar-refractivity contribution in [1.82, 2.24) is 14.7 Å². The first-order valence-electron chi connectivity index (χ1n) is 8.82. The number of rotatable bonds is 9. The first-order chi connectivity index (χ1) is 12.4. The van der Waals surface area contributed by atoms with Gasteiger partial charge in [0.1, 0.15) is 11.5 Å². The summed E-state index contributed by atoms with van der Waals surface area (Å²) in [7, 11) is 6.09. The normalized spacial score (nSPS) is 16.5. The molecule has 1 aromatic rings. The molecule has 2 rings (SSSR count). The summed E-state index contributed by atoms with van der Waals surface area (Å²) in [6, 6.07) is 4.02. The molecule has 0 aliphatic carbocycles. The fraction of sp³-hybridized carbons (Fsp3) is 0.706. The summed E-state index contributed by atoms with van der Waals surface area (Å²) in [6.07, 6.45) is 0. The zero-order valence-electron chi connectivity index (χ0n) is 15.9. The van der Waals surface area contributed by atoms with Crippen LogP contribution < -0.4 is 0 Å². The maximum atomic E-state index is 10.9. The van der Waals surface area contributed by atoms with Crippen molar-refractivity contribution < 1.29 is 9.34 Å². The zero-order chi connectivity index (χ0) is 18.9. The zero-order valence-corrected chi connectivity index (χ0v) is 16.7. The van der Waals surface area contributed by atoms with Crippen LogP contribution in [0.5, 0.6) is 0 Å². The molecule has 0 amide bonds. The summed E-state index contributed by atoms with van der Waals surface area (Å²) < 4.78 is 5.78. The molecule has 2 heterocycles. The van der Waals surface area contributed by atoms with Crippen LogP contribution in [0.3, 0.4) is 0 Å². The Morgan fingerprint density at radius 1 is 1.31 bits per heavy atom. The van der Waals surface area contributed by atoms with Crippen molar-refractivity contribution in [3.63, 3.8) is 0 Å². The van der Waals surface area contributed by atoms with E-state index in [1.807, 2.05) is 31.1 Å². The molecule has 0 unspecified atom stereocenters. The number of likely N-dealkylation sites (N-methyl/N-ethyl adjacent to an activating group) is 1. The SMILES string of the molecule is CN(C)Cc1ccc(CSCCN=C(C[N+](=O)[O-])N2CCN(C)CC2)o1. The van der Waals surface area contributed by atoms with Crippen LogP contribution >= 0.6 is 11.8 Å². The molecule has 146 valence electrons. The molecule has 1 saturated heterocycles. The summed E-state index contributed by atoms with van der Waals surface area (Å²) in [4.78, 5) is 21.5. The summed E-state index contributed by atoms with van der Waals surface area (Å²) in [5, 5.41) is 10.9. The van der Waals surface area contributed by atoms with E-state index in [0.29, 0.717) is 12.4 Å². The highest BCUT2D eigenvalue weighted by molar-refractivity contribution is 7.98. The molecule has 9 heteroatoms. The quantitative estimate of drug-likeness (QED) is 0.210. The average molecular weight is 384 g/mol. The van der Waals surface area contributed by atoms with Crippen molar-refractivity contribution in [3.05, 3.63) is 33.8 Å². The Kier molecular flexibility index (Phi) is 8.40. The Balaban J connectivity index is 1.76. The second kappa shape index (κ2) is 10.5. The topological polar surface area (TPSA) is 78.4 Å². The number of nitro groups is 1. The van der Waals surface area contributed by atoms with Crippen molar-refractivity contribution >= 4 is 17.6 Å².